The number of phenolic OH excluding ortho intramolecular Hbond substituents is 1. The number of phenols is 1. The molecule has 18 heavy (non-hydrogen) atoms. The lowest BCUT2D eigenvalue weighted by Crippen LogP contribution is -2.30. The Bertz CT molecular complexity index is 471. The molecule has 0 spiro atoms. The number of rotatable bonds is 1. The number of hydrogen-bond donors (Lipinski definition) is 3. The molecule has 1 heterocycles. The summed E-state index contributed by atoms with van der Waals surface area (Å²) in [6, 6.07) is 3.91. The fraction of sp³-hybridized carbons (Fsp3) is 0.455. The lowest BCUT2D eigenvalue weighted by molar-refractivity contribution is 0.109. The molecule has 0 amide bonds. The van der Waals surface area contributed by atoms with Gasteiger partial charge >= 0.3 is 0 Å². The van der Waals surface area contributed by atoms with Crippen LogP contribution in [0.3, 0.4) is 0 Å². The van der Waals surface area contributed by atoms with Crippen LogP contribution in [0.2, 0.25) is 0 Å². The molecule has 1 fully saturated rings. The van der Waals surface area contributed by atoms with E-state index >= 15 is 0 Å². The van der Waals surface area contributed by atoms with E-state index in [0.717, 1.165) is 37.9 Å². The van der Waals surface area contributed by atoms with Crippen LogP contribution in [0.5, 0.6) is 5.75 Å². The lowest BCUT2D eigenvalue weighted by atomic mass is 10.2. The molecule has 1 aromatic rings. The van der Waals surface area contributed by atoms with Gasteiger partial charge in [-0.05, 0) is 24.6 Å². The van der Waals surface area contributed by atoms with Gasteiger partial charge in [0.2, 0.25) is 0 Å². The predicted octanol–water partition coefficient (Wildman–Crippen LogP) is 0.554. The van der Waals surface area contributed by atoms with Crippen LogP contribution in [0.15, 0.2) is 23.1 Å². The number of aromatic hydroxyl groups is 1. The molecule has 7 heteroatoms. The Labute approximate surface area is 106 Å². The van der Waals surface area contributed by atoms with Crippen molar-refractivity contribution >= 4 is 10.1 Å². The second-order valence-electron chi connectivity index (χ2n) is 3.81. The van der Waals surface area contributed by atoms with Crippen LogP contribution in [-0.4, -0.2) is 44.4 Å². The first-order chi connectivity index (χ1) is 8.41. The molecule has 2 rings (SSSR count). The van der Waals surface area contributed by atoms with Crippen molar-refractivity contribution < 1.29 is 22.8 Å². The Kier molecular flexibility index (Phi) is 5.54. The zero-order chi connectivity index (χ0) is 13.6. The molecule has 0 unspecified atom stereocenters. The second kappa shape index (κ2) is 6.69. The highest BCUT2D eigenvalue weighted by atomic mass is 32.2. The molecule has 0 saturated carbocycles. The van der Waals surface area contributed by atoms with Crippen LogP contribution in [0, 0.1) is 6.92 Å². The average Bonchev–Trinajstić information content (AvgIpc) is 2.30. The summed E-state index contributed by atoms with van der Waals surface area (Å²) in [4.78, 5) is -0.465. The van der Waals surface area contributed by atoms with Gasteiger partial charge in [0.25, 0.3) is 10.1 Å². The average molecular weight is 275 g/mol. The Morgan fingerprint density at radius 1 is 1.28 bits per heavy atom. The fourth-order valence-electron chi connectivity index (χ4n) is 1.36. The largest absolute Gasteiger partial charge is 0.506 e. The van der Waals surface area contributed by atoms with E-state index in [2.05, 4.69) is 5.32 Å². The van der Waals surface area contributed by atoms with Gasteiger partial charge in [-0.3, -0.25) is 4.55 Å². The van der Waals surface area contributed by atoms with E-state index in [9.17, 15) is 8.42 Å². The molecule has 0 atom stereocenters. The quantitative estimate of drug-likeness (QED) is 0.648. The van der Waals surface area contributed by atoms with Crippen molar-refractivity contribution in [2.75, 3.05) is 26.3 Å². The van der Waals surface area contributed by atoms with E-state index in [1.165, 1.54) is 12.1 Å². The van der Waals surface area contributed by atoms with Crippen LogP contribution in [0.4, 0.5) is 0 Å². The van der Waals surface area contributed by atoms with E-state index in [4.69, 9.17) is 14.4 Å². The van der Waals surface area contributed by atoms with Crippen molar-refractivity contribution in [2.45, 2.75) is 11.8 Å². The Hall–Kier alpha value is -1.15. The molecule has 3 N–H and O–H groups in total. The topological polar surface area (TPSA) is 95.9 Å². The van der Waals surface area contributed by atoms with Crippen LogP contribution < -0.4 is 5.32 Å². The molecule has 1 aliphatic heterocycles. The molecule has 0 aliphatic carbocycles. The van der Waals surface area contributed by atoms with Crippen molar-refractivity contribution in [1.82, 2.24) is 5.32 Å². The van der Waals surface area contributed by atoms with Gasteiger partial charge in [-0.2, -0.15) is 8.42 Å². The van der Waals surface area contributed by atoms with Crippen molar-refractivity contribution in [2.24, 2.45) is 0 Å². The summed E-state index contributed by atoms with van der Waals surface area (Å²) >= 11 is 0. The van der Waals surface area contributed by atoms with Crippen LogP contribution in [0.25, 0.3) is 0 Å². The molecule has 6 nitrogen and oxygen atoms in total. The maximum absolute atomic E-state index is 10.6. The van der Waals surface area contributed by atoms with Gasteiger partial charge in [-0.1, -0.05) is 6.07 Å². The molecular weight excluding hydrogens is 258 g/mol. The highest BCUT2D eigenvalue weighted by Crippen LogP contribution is 2.22. The number of aryl methyl sites for hydroxylation is 1. The molecule has 1 aliphatic rings. The standard InChI is InChI=1S/C7H8O4S.C4H9NO/c1-5-2-3-7(6(8)4-5)12(9,10)11;1-3-6-4-2-5-1/h2-4,8H,1H3,(H,9,10,11);5H,1-4H2. The summed E-state index contributed by atoms with van der Waals surface area (Å²) in [5.41, 5.74) is 0.722. The third kappa shape index (κ3) is 5.01. The van der Waals surface area contributed by atoms with E-state index in [1.807, 2.05) is 0 Å². The Balaban J connectivity index is 0.000000225. The van der Waals surface area contributed by atoms with Crippen molar-refractivity contribution in [3.05, 3.63) is 23.8 Å². The molecule has 1 aromatic carbocycles. The number of morpholine rings is 1. The SMILES string of the molecule is C1COCCN1.Cc1ccc(S(=O)(=O)O)c(O)c1. The minimum absolute atomic E-state index is 0.433. The van der Waals surface area contributed by atoms with Crippen LogP contribution >= 0.6 is 0 Å². The third-order valence-corrected chi connectivity index (χ3v) is 3.14. The van der Waals surface area contributed by atoms with Gasteiger partial charge in [-0.25, -0.2) is 0 Å². The van der Waals surface area contributed by atoms with Crippen LogP contribution in [-0.2, 0) is 14.9 Å². The highest BCUT2D eigenvalue weighted by molar-refractivity contribution is 7.86. The number of hydrogen-bond acceptors (Lipinski definition) is 5. The zero-order valence-corrected chi connectivity index (χ0v) is 10.9. The molecule has 102 valence electrons. The van der Waals surface area contributed by atoms with Gasteiger partial charge in [0, 0.05) is 13.1 Å². The number of benzene rings is 1. The first-order valence-corrected chi connectivity index (χ1v) is 6.91. The molecule has 0 aromatic heterocycles. The van der Waals surface area contributed by atoms with Gasteiger partial charge < -0.3 is 15.2 Å². The second-order valence-corrected chi connectivity index (χ2v) is 5.20. The van der Waals surface area contributed by atoms with E-state index in [-0.39, 0.29) is 0 Å². The minimum Gasteiger partial charge on any atom is -0.506 e. The number of nitrogens with one attached hydrogen (secondary N) is 1. The summed E-state index contributed by atoms with van der Waals surface area (Å²) in [7, 11) is -4.30. The first kappa shape index (κ1) is 14.9. The van der Waals surface area contributed by atoms with Gasteiger partial charge in [-0.15, -0.1) is 0 Å². The van der Waals surface area contributed by atoms with Crippen molar-refractivity contribution in [1.29, 1.82) is 0 Å². The Morgan fingerprint density at radius 2 is 1.89 bits per heavy atom. The smallest absolute Gasteiger partial charge is 0.298 e. The van der Waals surface area contributed by atoms with Crippen LogP contribution in [0.1, 0.15) is 5.56 Å². The molecule has 0 bridgehead atoms. The normalized spacial score (nSPS) is 15.7. The molecular formula is C11H17NO5S. The van der Waals surface area contributed by atoms with Gasteiger partial charge in [0.1, 0.15) is 10.6 Å². The van der Waals surface area contributed by atoms with E-state index < -0.39 is 20.8 Å². The van der Waals surface area contributed by atoms with Gasteiger partial charge in [0.15, 0.2) is 0 Å². The summed E-state index contributed by atoms with van der Waals surface area (Å²) in [5, 5.41) is 12.2. The monoisotopic (exact) mass is 275 g/mol. The third-order valence-electron chi connectivity index (χ3n) is 2.24. The fourth-order valence-corrected chi connectivity index (χ4v) is 1.92. The van der Waals surface area contributed by atoms with E-state index in [1.54, 1.807) is 6.92 Å². The summed E-state index contributed by atoms with van der Waals surface area (Å²) in [5.74, 6) is -0.433. The molecule has 1 saturated heterocycles. The zero-order valence-electron chi connectivity index (χ0n) is 10.1. The summed E-state index contributed by atoms with van der Waals surface area (Å²) in [6.45, 7) is 5.54. The molecule has 0 radical (unpaired) electrons. The summed E-state index contributed by atoms with van der Waals surface area (Å²) < 4.78 is 34.7. The Morgan fingerprint density at radius 3 is 2.22 bits per heavy atom. The first-order valence-electron chi connectivity index (χ1n) is 5.47. The highest BCUT2D eigenvalue weighted by Gasteiger charge is 2.14. The van der Waals surface area contributed by atoms with Gasteiger partial charge in [0.05, 0.1) is 13.2 Å². The predicted molar refractivity (Wildman–Crippen MR) is 66.3 cm³/mol. The maximum Gasteiger partial charge on any atom is 0.298 e. The number of ether oxygens (including phenoxy) is 1. The maximum atomic E-state index is 10.6. The van der Waals surface area contributed by atoms with Crippen molar-refractivity contribution in [3.63, 3.8) is 0 Å². The van der Waals surface area contributed by atoms with Crippen molar-refractivity contribution in [3.8, 4) is 5.75 Å². The minimum atomic E-state index is -4.30. The summed E-state index contributed by atoms with van der Waals surface area (Å²) in [6.07, 6.45) is 0. The van der Waals surface area contributed by atoms with E-state index in [0.29, 0.717) is 0 Å². The lowest BCUT2D eigenvalue weighted by Gasteiger charge is -2.10.